The van der Waals surface area contributed by atoms with Crippen LogP contribution in [-0.4, -0.2) is 34.4 Å². The fourth-order valence-corrected chi connectivity index (χ4v) is 2.23. The first-order chi connectivity index (χ1) is 11.7. The van der Waals surface area contributed by atoms with Crippen molar-refractivity contribution in [2.45, 2.75) is 6.92 Å². The zero-order valence-corrected chi connectivity index (χ0v) is 13.1. The number of Topliss-reactive ketones (excluding diaryl/α,β-unsaturated/α-hetero) is 1. The second-order valence-corrected chi connectivity index (χ2v) is 5.05. The quantitative estimate of drug-likeness (QED) is 0.515. The van der Waals surface area contributed by atoms with E-state index in [1.54, 1.807) is 47.1 Å². The maximum absolute atomic E-state index is 12.1. The highest BCUT2D eigenvalue weighted by atomic mass is 16.5. The summed E-state index contributed by atoms with van der Waals surface area (Å²) in [4.78, 5) is 28.3. The van der Waals surface area contributed by atoms with Crippen molar-refractivity contribution in [3.63, 3.8) is 0 Å². The molecule has 0 N–H and O–H groups in total. The molecule has 0 aliphatic heterocycles. The van der Waals surface area contributed by atoms with Crippen LogP contribution in [0.4, 0.5) is 0 Å². The van der Waals surface area contributed by atoms with Gasteiger partial charge in [-0.15, -0.1) is 0 Å². The molecule has 1 aromatic carbocycles. The summed E-state index contributed by atoms with van der Waals surface area (Å²) >= 11 is 0. The number of pyridine rings is 1. The van der Waals surface area contributed by atoms with Crippen molar-refractivity contribution < 1.29 is 19.1 Å². The molecular weight excluding hydrogens is 308 g/mol. The monoisotopic (exact) mass is 324 g/mol. The second-order valence-electron chi connectivity index (χ2n) is 5.05. The highest BCUT2D eigenvalue weighted by Crippen LogP contribution is 2.13. The van der Waals surface area contributed by atoms with E-state index in [0.717, 1.165) is 0 Å². The lowest BCUT2D eigenvalue weighted by atomic mass is 10.1. The molecule has 0 atom stereocenters. The molecule has 0 radical (unpaired) electrons. The van der Waals surface area contributed by atoms with Crippen molar-refractivity contribution in [3.05, 3.63) is 66.1 Å². The van der Waals surface area contributed by atoms with E-state index in [1.165, 1.54) is 0 Å². The molecule has 0 amide bonds. The number of carbonyl (C=O) groups excluding carboxylic acids is 2. The van der Waals surface area contributed by atoms with Gasteiger partial charge in [0, 0.05) is 18.0 Å². The van der Waals surface area contributed by atoms with Crippen LogP contribution in [0, 0.1) is 0 Å². The van der Waals surface area contributed by atoms with Crippen molar-refractivity contribution in [3.8, 4) is 5.75 Å². The van der Waals surface area contributed by atoms with Gasteiger partial charge in [0.25, 0.3) is 0 Å². The minimum atomic E-state index is -0.627. The first-order valence-electron chi connectivity index (χ1n) is 7.54. The van der Waals surface area contributed by atoms with E-state index < -0.39 is 5.97 Å². The lowest BCUT2D eigenvalue weighted by molar-refractivity contribution is 0.0469. The average Bonchev–Trinajstić information content (AvgIpc) is 3.04. The van der Waals surface area contributed by atoms with E-state index in [0.29, 0.717) is 23.6 Å². The van der Waals surface area contributed by atoms with Crippen LogP contribution in [0.2, 0.25) is 0 Å². The average molecular weight is 324 g/mol. The van der Waals surface area contributed by atoms with Crippen molar-refractivity contribution in [2.75, 3.05) is 13.2 Å². The maximum Gasteiger partial charge on any atom is 0.359 e. The number of ketones is 1. The van der Waals surface area contributed by atoms with Crippen LogP contribution in [-0.2, 0) is 4.74 Å². The summed E-state index contributed by atoms with van der Waals surface area (Å²) in [6.07, 6.45) is 3.35. The Kier molecular flexibility index (Phi) is 4.56. The number of aromatic nitrogens is 2. The molecule has 0 bridgehead atoms. The molecule has 3 aromatic rings. The maximum atomic E-state index is 12.1. The third-order valence-corrected chi connectivity index (χ3v) is 3.39. The van der Waals surface area contributed by atoms with E-state index >= 15 is 0 Å². The van der Waals surface area contributed by atoms with Gasteiger partial charge in [-0.05, 0) is 43.3 Å². The van der Waals surface area contributed by atoms with E-state index in [9.17, 15) is 9.59 Å². The number of fused-ring (bicyclic) bond motifs is 1. The molecule has 0 unspecified atom stereocenters. The summed E-state index contributed by atoms with van der Waals surface area (Å²) in [5.74, 6) is -0.219. The molecule has 122 valence electrons. The zero-order valence-electron chi connectivity index (χ0n) is 13.1. The minimum absolute atomic E-state index is 0.167. The standard InChI is InChI=1S/C18H16N2O4/c1-2-23-14-8-6-13(7-9-14)16(21)12-24-18(22)15-11-20-10-4-3-5-17(20)19-15/h3-11H,2,12H2,1H3. The number of benzene rings is 1. The summed E-state index contributed by atoms with van der Waals surface area (Å²) < 4.78 is 12.1. The normalized spacial score (nSPS) is 10.5. The smallest absolute Gasteiger partial charge is 0.359 e. The van der Waals surface area contributed by atoms with Crippen LogP contribution < -0.4 is 4.74 Å². The van der Waals surface area contributed by atoms with Gasteiger partial charge >= 0.3 is 5.97 Å². The Hall–Kier alpha value is -3.15. The third kappa shape index (κ3) is 3.43. The van der Waals surface area contributed by atoms with Crippen LogP contribution in [0.15, 0.2) is 54.9 Å². The summed E-state index contributed by atoms with van der Waals surface area (Å²) in [5.41, 5.74) is 1.27. The van der Waals surface area contributed by atoms with Crippen molar-refractivity contribution >= 4 is 17.4 Å². The minimum Gasteiger partial charge on any atom is -0.494 e. The number of hydrogen-bond donors (Lipinski definition) is 0. The van der Waals surface area contributed by atoms with Gasteiger partial charge in [-0.1, -0.05) is 6.07 Å². The molecule has 0 fully saturated rings. The van der Waals surface area contributed by atoms with Gasteiger partial charge in [0.15, 0.2) is 18.1 Å². The van der Waals surface area contributed by atoms with Gasteiger partial charge in [-0.3, -0.25) is 4.79 Å². The van der Waals surface area contributed by atoms with Crippen LogP contribution in [0.3, 0.4) is 0 Å². The topological polar surface area (TPSA) is 69.9 Å². The lowest BCUT2D eigenvalue weighted by Crippen LogP contribution is -2.14. The van der Waals surface area contributed by atoms with E-state index in [-0.39, 0.29) is 18.1 Å². The van der Waals surface area contributed by atoms with Crippen molar-refractivity contribution in [1.82, 2.24) is 9.38 Å². The van der Waals surface area contributed by atoms with Gasteiger partial charge in [-0.25, -0.2) is 9.78 Å². The molecule has 0 aliphatic rings. The molecule has 0 saturated carbocycles. The summed E-state index contributed by atoms with van der Waals surface area (Å²) in [5, 5.41) is 0. The van der Waals surface area contributed by atoms with Crippen LogP contribution >= 0.6 is 0 Å². The van der Waals surface area contributed by atoms with Gasteiger partial charge in [-0.2, -0.15) is 0 Å². The van der Waals surface area contributed by atoms with Crippen molar-refractivity contribution in [1.29, 1.82) is 0 Å². The zero-order chi connectivity index (χ0) is 16.9. The molecule has 0 aliphatic carbocycles. The van der Waals surface area contributed by atoms with E-state index in [2.05, 4.69) is 4.98 Å². The second kappa shape index (κ2) is 6.95. The molecule has 2 heterocycles. The van der Waals surface area contributed by atoms with E-state index in [4.69, 9.17) is 9.47 Å². The molecule has 24 heavy (non-hydrogen) atoms. The molecule has 0 spiro atoms. The number of rotatable bonds is 6. The van der Waals surface area contributed by atoms with Crippen LogP contribution in [0.5, 0.6) is 5.75 Å². The Labute approximate surface area is 138 Å². The number of ether oxygens (including phenoxy) is 2. The Morgan fingerprint density at radius 2 is 1.92 bits per heavy atom. The van der Waals surface area contributed by atoms with Crippen LogP contribution in [0.25, 0.3) is 5.65 Å². The number of carbonyl (C=O) groups is 2. The Morgan fingerprint density at radius 3 is 2.62 bits per heavy atom. The molecule has 6 nitrogen and oxygen atoms in total. The summed E-state index contributed by atoms with van der Waals surface area (Å²) in [7, 11) is 0. The van der Waals surface area contributed by atoms with Gasteiger partial charge in [0.1, 0.15) is 11.4 Å². The van der Waals surface area contributed by atoms with Crippen LogP contribution in [0.1, 0.15) is 27.8 Å². The Bertz CT molecular complexity index is 835. The summed E-state index contributed by atoms with van der Waals surface area (Å²) in [6, 6.07) is 12.1. The number of hydrogen-bond acceptors (Lipinski definition) is 5. The predicted octanol–water partition coefficient (Wildman–Crippen LogP) is 2.77. The molecule has 0 saturated heterocycles. The lowest BCUT2D eigenvalue weighted by Gasteiger charge is -2.05. The SMILES string of the molecule is CCOc1ccc(C(=O)COC(=O)c2cn3ccccc3n2)cc1. The molecule has 3 rings (SSSR count). The number of esters is 1. The summed E-state index contributed by atoms with van der Waals surface area (Å²) in [6.45, 7) is 2.11. The third-order valence-electron chi connectivity index (χ3n) is 3.39. The number of imidazole rings is 1. The van der Waals surface area contributed by atoms with Gasteiger partial charge in [0.05, 0.1) is 6.61 Å². The predicted molar refractivity (Wildman–Crippen MR) is 87.4 cm³/mol. The van der Waals surface area contributed by atoms with E-state index in [1.807, 2.05) is 19.1 Å². The molecule has 6 heteroatoms. The highest BCUT2D eigenvalue weighted by molar-refractivity contribution is 5.99. The Balaban J connectivity index is 1.61. The Morgan fingerprint density at radius 1 is 1.12 bits per heavy atom. The first-order valence-corrected chi connectivity index (χ1v) is 7.54. The number of nitrogens with zero attached hydrogens (tertiary/aromatic N) is 2. The largest absolute Gasteiger partial charge is 0.494 e. The molecule has 2 aromatic heterocycles. The van der Waals surface area contributed by atoms with Crippen molar-refractivity contribution in [2.24, 2.45) is 0 Å². The molecular formula is C18H16N2O4. The van der Waals surface area contributed by atoms with Gasteiger partial charge < -0.3 is 13.9 Å². The highest BCUT2D eigenvalue weighted by Gasteiger charge is 2.15. The fourth-order valence-electron chi connectivity index (χ4n) is 2.23. The van der Waals surface area contributed by atoms with Gasteiger partial charge in [0.2, 0.25) is 0 Å². The fraction of sp³-hybridized carbons (Fsp3) is 0.167. The first kappa shape index (κ1) is 15.7.